The van der Waals surface area contributed by atoms with E-state index >= 15 is 0 Å². The van der Waals surface area contributed by atoms with Gasteiger partial charge in [0.2, 0.25) is 0 Å². The van der Waals surface area contributed by atoms with E-state index in [9.17, 15) is 4.79 Å². The summed E-state index contributed by atoms with van der Waals surface area (Å²) in [7, 11) is 0. The standard InChI is InChI=1S/C16H26N2O3/c1-12(14-6-5-9-20-14)18-8-7-13(11-18)10-17-15(19)21-16(2,3)4/h5-6,9,12-13H,7-8,10-11H2,1-4H3,(H,17,19)/t12-,13-/m0/s1. The number of amides is 1. The fraction of sp³-hybridized carbons (Fsp3) is 0.688. The molecule has 1 aliphatic heterocycles. The smallest absolute Gasteiger partial charge is 0.407 e. The number of nitrogens with zero attached hydrogens (tertiary/aromatic N) is 1. The minimum atomic E-state index is -0.445. The summed E-state index contributed by atoms with van der Waals surface area (Å²) in [5, 5.41) is 2.86. The van der Waals surface area contributed by atoms with Gasteiger partial charge in [-0.1, -0.05) is 0 Å². The lowest BCUT2D eigenvalue weighted by Crippen LogP contribution is -2.36. The third-order valence-electron chi connectivity index (χ3n) is 3.75. The van der Waals surface area contributed by atoms with Crippen molar-refractivity contribution in [3.05, 3.63) is 24.2 Å². The van der Waals surface area contributed by atoms with Crippen molar-refractivity contribution in [2.45, 2.75) is 45.8 Å². The number of carbonyl (C=O) groups is 1. The predicted octanol–water partition coefficient (Wildman–Crippen LogP) is 3.19. The zero-order valence-corrected chi connectivity index (χ0v) is 13.4. The van der Waals surface area contributed by atoms with Crippen molar-refractivity contribution < 1.29 is 13.9 Å². The molecule has 0 aromatic carbocycles. The van der Waals surface area contributed by atoms with Crippen LogP contribution in [0.1, 0.15) is 45.9 Å². The quantitative estimate of drug-likeness (QED) is 0.926. The Bertz CT molecular complexity index is 451. The topological polar surface area (TPSA) is 54.7 Å². The average molecular weight is 294 g/mol. The number of likely N-dealkylation sites (tertiary alicyclic amines) is 1. The molecule has 1 amide bonds. The van der Waals surface area contributed by atoms with Crippen molar-refractivity contribution in [3.63, 3.8) is 0 Å². The van der Waals surface area contributed by atoms with Gasteiger partial charge in [-0.3, -0.25) is 4.90 Å². The highest BCUT2D eigenvalue weighted by Crippen LogP contribution is 2.27. The Kier molecular flexibility index (Phi) is 4.93. The zero-order chi connectivity index (χ0) is 15.5. The second-order valence-corrected chi connectivity index (χ2v) is 6.72. The monoisotopic (exact) mass is 294 g/mol. The Morgan fingerprint density at radius 3 is 2.95 bits per heavy atom. The predicted molar refractivity (Wildman–Crippen MR) is 81.0 cm³/mol. The van der Waals surface area contributed by atoms with E-state index in [-0.39, 0.29) is 12.1 Å². The molecular formula is C16H26N2O3. The first-order valence-electron chi connectivity index (χ1n) is 7.59. The highest BCUT2D eigenvalue weighted by atomic mass is 16.6. The van der Waals surface area contributed by atoms with Crippen LogP contribution >= 0.6 is 0 Å². The molecule has 1 saturated heterocycles. The van der Waals surface area contributed by atoms with Crippen LogP contribution in [0.2, 0.25) is 0 Å². The largest absolute Gasteiger partial charge is 0.468 e. The zero-order valence-electron chi connectivity index (χ0n) is 13.4. The van der Waals surface area contributed by atoms with Gasteiger partial charge in [0.05, 0.1) is 12.3 Å². The first-order valence-corrected chi connectivity index (χ1v) is 7.59. The Morgan fingerprint density at radius 2 is 2.33 bits per heavy atom. The molecule has 0 unspecified atom stereocenters. The van der Waals surface area contributed by atoms with Crippen LogP contribution in [-0.2, 0) is 4.74 Å². The SMILES string of the molecule is C[C@@H](c1ccco1)N1CC[C@@H](CNC(=O)OC(C)(C)C)C1. The number of furan rings is 1. The number of hydrogen-bond donors (Lipinski definition) is 1. The molecule has 5 nitrogen and oxygen atoms in total. The Labute approximate surface area is 126 Å². The summed E-state index contributed by atoms with van der Waals surface area (Å²) in [6, 6.07) is 4.21. The second kappa shape index (κ2) is 6.52. The van der Waals surface area contributed by atoms with E-state index in [0.717, 1.165) is 25.3 Å². The van der Waals surface area contributed by atoms with Gasteiger partial charge >= 0.3 is 6.09 Å². The summed E-state index contributed by atoms with van der Waals surface area (Å²) in [4.78, 5) is 14.0. The molecule has 0 aliphatic carbocycles. The van der Waals surface area contributed by atoms with Crippen molar-refractivity contribution >= 4 is 6.09 Å². The lowest BCUT2D eigenvalue weighted by molar-refractivity contribution is 0.0519. The summed E-state index contributed by atoms with van der Waals surface area (Å²) in [6.07, 6.45) is 2.46. The third-order valence-corrected chi connectivity index (χ3v) is 3.75. The van der Waals surface area contributed by atoms with Gasteiger partial charge in [-0.15, -0.1) is 0 Å². The molecule has 1 aliphatic rings. The van der Waals surface area contributed by atoms with Gasteiger partial charge in [-0.25, -0.2) is 4.79 Å². The maximum absolute atomic E-state index is 11.7. The molecule has 118 valence electrons. The number of alkyl carbamates (subject to hydrolysis) is 1. The van der Waals surface area contributed by atoms with Crippen molar-refractivity contribution in [1.29, 1.82) is 0 Å². The molecule has 2 rings (SSSR count). The van der Waals surface area contributed by atoms with Crippen LogP contribution in [0.15, 0.2) is 22.8 Å². The molecule has 0 saturated carbocycles. The fourth-order valence-electron chi connectivity index (χ4n) is 2.63. The first kappa shape index (κ1) is 15.9. The summed E-state index contributed by atoms with van der Waals surface area (Å²) < 4.78 is 10.7. The number of hydrogen-bond acceptors (Lipinski definition) is 4. The molecular weight excluding hydrogens is 268 g/mol. The van der Waals surface area contributed by atoms with Crippen LogP contribution in [0.25, 0.3) is 0 Å². The summed E-state index contributed by atoms with van der Waals surface area (Å²) in [6.45, 7) is 10.4. The molecule has 1 aromatic heterocycles. The van der Waals surface area contributed by atoms with E-state index in [2.05, 4.69) is 17.1 Å². The number of carbonyl (C=O) groups excluding carboxylic acids is 1. The minimum absolute atomic E-state index is 0.284. The van der Waals surface area contributed by atoms with Gasteiger partial charge in [0, 0.05) is 13.1 Å². The van der Waals surface area contributed by atoms with Gasteiger partial charge in [-0.05, 0) is 58.7 Å². The van der Waals surface area contributed by atoms with Gasteiger partial charge in [0.1, 0.15) is 11.4 Å². The van der Waals surface area contributed by atoms with Gasteiger partial charge in [-0.2, -0.15) is 0 Å². The third kappa shape index (κ3) is 4.77. The number of ether oxygens (including phenoxy) is 1. The molecule has 2 heterocycles. The first-order chi connectivity index (χ1) is 9.85. The van der Waals surface area contributed by atoms with Crippen molar-refractivity contribution in [1.82, 2.24) is 10.2 Å². The number of rotatable bonds is 4. The van der Waals surface area contributed by atoms with E-state index in [1.807, 2.05) is 32.9 Å². The van der Waals surface area contributed by atoms with Crippen molar-refractivity contribution in [2.24, 2.45) is 5.92 Å². The van der Waals surface area contributed by atoms with Crippen LogP contribution in [0.4, 0.5) is 4.79 Å². The highest BCUT2D eigenvalue weighted by Gasteiger charge is 2.28. The van der Waals surface area contributed by atoms with Crippen molar-refractivity contribution in [3.8, 4) is 0 Å². The summed E-state index contributed by atoms with van der Waals surface area (Å²) in [5.74, 6) is 1.46. The van der Waals surface area contributed by atoms with Gasteiger partial charge in [0.25, 0.3) is 0 Å². The Balaban J connectivity index is 1.74. The molecule has 0 radical (unpaired) electrons. The molecule has 1 fully saturated rings. The van der Waals surface area contributed by atoms with Gasteiger partial charge < -0.3 is 14.5 Å². The fourth-order valence-corrected chi connectivity index (χ4v) is 2.63. The molecule has 21 heavy (non-hydrogen) atoms. The molecule has 1 N–H and O–H groups in total. The van der Waals surface area contributed by atoms with Gasteiger partial charge in [0.15, 0.2) is 0 Å². The van der Waals surface area contributed by atoms with E-state index in [1.165, 1.54) is 0 Å². The highest BCUT2D eigenvalue weighted by molar-refractivity contribution is 5.67. The van der Waals surface area contributed by atoms with Crippen LogP contribution in [0.5, 0.6) is 0 Å². The summed E-state index contributed by atoms with van der Waals surface area (Å²) in [5.41, 5.74) is -0.445. The maximum Gasteiger partial charge on any atom is 0.407 e. The number of nitrogens with one attached hydrogen (secondary N) is 1. The summed E-state index contributed by atoms with van der Waals surface area (Å²) >= 11 is 0. The lowest BCUT2D eigenvalue weighted by atomic mass is 10.1. The Hall–Kier alpha value is -1.49. The van der Waals surface area contributed by atoms with Crippen LogP contribution in [-0.4, -0.2) is 36.2 Å². The van der Waals surface area contributed by atoms with E-state index < -0.39 is 5.60 Å². The van der Waals surface area contributed by atoms with E-state index in [0.29, 0.717) is 12.5 Å². The normalized spacial score (nSPS) is 21.2. The molecule has 1 aromatic rings. The van der Waals surface area contributed by atoms with Crippen molar-refractivity contribution in [2.75, 3.05) is 19.6 Å². The second-order valence-electron chi connectivity index (χ2n) is 6.72. The molecule has 0 spiro atoms. The Morgan fingerprint density at radius 1 is 1.57 bits per heavy atom. The molecule has 0 bridgehead atoms. The molecule has 5 heteroatoms. The van der Waals surface area contributed by atoms with Crippen LogP contribution < -0.4 is 5.32 Å². The van der Waals surface area contributed by atoms with Crippen LogP contribution in [0.3, 0.4) is 0 Å². The van der Waals surface area contributed by atoms with E-state index in [4.69, 9.17) is 9.15 Å². The van der Waals surface area contributed by atoms with Crippen LogP contribution in [0, 0.1) is 5.92 Å². The lowest BCUT2D eigenvalue weighted by Gasteiger charge is -2.23. The minimum Gasteiger partial charge on any atom is -0.468 e. The van der Waals surface area contributed by atoms with E-state index in [1.54, 1.807) is 6.26 Å². The average Bonchev–Trinajstić information content (AvgIpc) is 3.05. The molecule has 2 atom stereocenters. The maximum atomic E-state index is 11.7.